The van der Waals surface area contributed by atoms with E-state index in [1.807, 2.05) is 0 Å². The number of rotatable bonds is 25. The maximum absolute atomic E-state index is 13.3. The molecule has 17 heteroatoms. The van der Waals surface area contributed by atoms with Gasteiger partial charge in [0.25, 0.3) is 0 Å². The molecule has 0 aliphatic rings. The number of carboxylic acids is 1. The summed E-state index contributed by atoms with van der Waals surface area (Å²) in [4.78, 5) is 83.3. The van der Waals surface area contributed by atoms with Crippen molar-refractivity contribution in [2.24, 2.45) is 5.73 Å². The van der Waals surface area contributed by atoms with Gasteiger partial charge in [-0.05, 0) is 76.4 Å². The largest absolute Gasteiger partial charge is 0.481 e. The second kappa shape index (κ2) is 25.2. The molecule has 0 aliphatic heterocycles. The van der Waals surface area contributed by atoms with E-state index in [9.17, 15) is 33.6 Å². The van der Waals surface area contributed by atoms with Crippen molar-refractivity contribution in [3.05, 3.63) is 0 Å². The van der Waals surface area contributed by atoms with Gasteiger partial charge in [-0.25, -0.2) is 0 Å². The summed E-state index contributed by atoms with van der Waals surface area (Å²) in [6.45, 7) is 5.78. The Hall–Kier alpha value is -4.02. The second-order valence-electron chi connectivity index (χ2n) is 10.9. The molecule has 0 aromatic carbocycles. The number of primary amides is 1. The van der Waals surface area contributed by atoms with E-state index >= 15 is 0 Å². The molecular weight excluding hydrogens is 620 g/mol. The van der Waals surface area contributed by atoms with E-state index in [1.54, 1.807) is 0 Å². The molecule has 0 rings (SSSR count). The van der Waals surface area contributed by atoms with Crippen molar-refractivity contribution >= 4 is 58.7 Å². The van der Waals surface area contributed by atoms with Crippen LogP contribution in [-0.4, -0.2) is 95.9 Å². The summed E-state index contributed by atoms with van der Waals surface area (Å²) in [5.41, 5.74) is 5.54. The Morgan fingerprint density at radius 3 is 1.37 bits per heavy atom. The van der Waals surface area contributed by atoms with Crippen LogP contribution < -0.4 is 43.0 Å². The Bertz CT molecular complexity index is 1030. The van der Waals surface area contributed by atoms with Crippen LogP contribution in [0.15, 0.2) is 0 Å². The normalized spacial score (nSPS) is 12.4. The van der Waals surface area contributed by atoms with Gasteiger partial charge in [0.15, 0.2) is 5.11 Å². The van der Waals surface area contributed by atoms with Gasteiger partial charge in [0.05, 0.1) is 0 Å². The van der Waals surface area contributed by atoms with Crippen molar-refractivity contribution in [3.8, 4) is 0 Å². The van der Waals surface area contributed by atoms with Crippen LogP contribution in [0.1, 0.15) is 91.4 Å². The Labute approximate surface area is 275 Å². The zero-order valence-electron chi connectivity index (χ0n) is 27.1. The summed E-state index contributed by atoms with van der Waals surface area (Å²) in [5.74, 6) is -3.55. The maximum Gasteiger partial charge on any atom is 0.303 e. The molecule has 0 aliphatic carbocycles. The van der Waals surface area contributed by atoms with Crippen LogP contribution in [-0.2, 0) is 33.6 Å². The van der Waals surface area contributed by atoms with Gasteiger partial charge in [-0.15, -0.1) is 0 Å². The molecule has 3 atom stereocenters. The van der Waals surface area contributed by atoms with Gasteiger partial charge in [0.1, 0.15) is 18.1 Å². The van der Waals surface area contributed by atoms with Gasteiger partial charge in [0, 0.05) is 53.4 Å². The van der Waals surface area contributed by atoms with Crippen molar-refractivity contribution in [1.29, 1.82) is 0 Å². The molecule has 0 bridgehead atoms. The molecule has 6 amide bonds. The molecule has 0 radical (unpaired) electrons. The number of carbonyl (C=O) groups is 7. The van der Waals surface area contributed by atoms with Crippen LogP contribution in [0, 0.1) is 0 Å². The molecule has 0 saturated heterocycles. The average molecular weight is 673 g/mol. The molecule has 0 aromatic heterocycles. The minimum atomic E-state index is -1.04. The average Bonchev–Trinajstić information content (AvgIpc) is 2.96. The third-order valence-corrected chi connectivity index (χ3v) is 6.92. The third kappa shape index (κ3) is 23.4. The van der Waals surface area contributed by atoms with Crippen LogP contribution >= 0.6 is 12.2 Å². The molecular formula is C29H52N8O8S. The van der Waals surface area contributed by atoms with Crippen molar-refractivity contribution < 1.29 is 38.7 Å². The van der Waals surface area contributed by atoms with Crippen LogP contribution in [0.2, 0.25) is 0 Å². The third-order valence-electron chi connectivity index (χ3n) is 6.63. The number of thiocarbonyl (C=S) groups is 1. The van der Waals surface area contributed by atoms with Crippen LogP contribution in [0.25, 0.3) is 0 Å². The molecule has 0 spiro atoms. The highest BCUT2D eigenvalue weighted by Crippen LogP contribution is 2.08. The van der Waals surface area contributed by atoms with Crippen LogP contribution in [0.3, 0.4) is 0 Å². The minimum absolute atomic E-state index is 0.0261. The molecule has 16 nitrogen and oxygen atoms in total. The van der Waals surface area contributed by atoms with Crippen molar-refractivity contribution in [1.82, 2.24) is 37.2 Å². The Balaban J connectivity index is 5.32. The van der Waals surface area contributed by atoms with Gasteiger partial charge >= 0.3 is 5.97 Å². The summed E-state index contributed by atoms with van der Waals surface area (Å²) in [6, 6.07) is -2.95. The highest BCUT2D eigenvalue weighted by Gasteiger charge is 2.28. The topological polar surface area (TPSA) is 250 Å². The fraction of sp³-hybridized carbons (Fsp3) is 0.724. The number of hydrogen-bond acceptors (Lipinski definition) is 8. The quantitative estimate of drug-likeness (QED) is 0.0423. The lowest BCUT2D eigenvalue weighted by Gasteiger charge is -2.25. The van der Waals surface area contributed by atoms with Crippen molar-refractivity contribution in [2.75, 3.05) is 26.2 Å². The molecule has 46 heavy (non-hydrogen) atoms. The highest BCUT2D eigenvalue weighted by atomic mass is 32.1. The summed E-state index contributed by atoms with van der Waals surface area (Å²) in [7, 11) is 0. The van der Waals surface area contributed by atoms with Gasteiger partial charge < -0.3 is 48.1 Å². The first-order valence-corrected chi connectivity index (χ1v) is 16.0. The zero-order chi connectivity index (χ0) is 34.9. The van der Waals surface area contributed by atoms with Crippen LogP contribution in [0.5, 0.6) is 0 Å². The standard InChI is InChI=1S/C29H52N8O8S/c1-19(38)31-15-7-4-11-22(26(30)43)36-28(45)24(13-6-9-17-33-29(46)34-18-10-14-25(41)42)37-27(44)23(35-21(3)40)12-5-8-16-32-20(2)39/h22-24H,4-18H2,1-3H3,(H2,30,43)(H,31,38)(H,32,39)(H,35,40)(H,36,45)(H,37,44)(H,41,42)(H2,33,34,46)/t22-,23-,24-/m0/s1. The first kappa shape index (κ1) is 42.0. The van der Waals surface area contributed by atoms with E-state index in [0.29, 0.717) is 76.2 Å². The second-order valence-corrected chi connectivity index (χ2v) is 11.3. The fourth-order valence-electron chi connectivity index (χ4n) is 4.27. The Morgan fingerprint density at radius 1 is 0.565 bits per heavy atom. The van der Waals surface area contributed by atoms with E-state index < -0.39 is 47.7 Å². The molecule has 262 valence electrons. The molecule has 0 saturated carbocycles. The summed E-state index contributed by atoms with van der Waals surface area (Å²) >= 11 is 5.19. The number of unbranched alkanes of at least 4 members (excludes halogenated alkanes) is 3. The number of nitrogens with one attached hydrogen (secondary N) is 7. The van der Waals surface area contributed by atoms with E-state index in [4.69, 9.17) is 23.1 Å². The lowest BCUT2D eigenvalue weighted by molar-refractivity contribution is -0.137. The minimum Gasteiger partial charge on any atom is -0.481 e. The van der Waals surface area contributed by atoms with Gasteiger partial charge in [-0.1, -0.05) is 0 Å². The molecule has 10 N–H and O–H groups in total. The highest BCUT2D eigenvalue weighted by molar-refractivity contribution is 7.80. The number of nitrogens with two attached hydrogens (primary N) is 1. The monoisotopic (exact) mass is 672 g/mol. The SMILES string of the molecule is CC(=O)NCCCC[C@H](NC(=O)[C@H](CCCCNC(=S)NCCCC(=O)O)NC(=O)[C@H](CCCCNC(C)=O)NC(C)=O)C(N)=O. The number of carbonyl (C=O) groups excluding carboxylic acids is 6. The van der Waals surface area contributed by atoms with E-state index in [-0.39, 0.29) is 37.5 Å². The predicted molar refractivity (Wildman–Crippen MR) is 175 cm³/mol. The molecule has 0 unspecified atom stereocenters. The Morgan fingerprint density at radius 2 is 0.957 bits per heavy atom. The van der Waals surface area contributed by atoms with Crippen molar-refractivity contribution in [2.45, 2.75) is 110 Å². The number of aliphatic carboxylic acids is 1. The number of hydrogen-bond donors (Lipinski definition) is 9. The summed E-state index contributed by atoms with van der Waals surface area (Å²) in [5, 5.41) is 28.3. The molecule has 0 heterocycles. The van der Waals surface area contributed by atoms with Gasteiger partial charge in [-0.3, -0.25) is 33.6 Å². The van der Waals surface area contributed by atoms with Gasteiger partial charge in [-0.2, -0.15) is 0 Å². The summed E-state index contributed by atoms with van der Waals surface area (Å²) in [6.07, 6.45) is 4.40. The van der Waals surface area contributed by atoms with Crippen LogP contribution in [0.4, 0.5) is 0 Å². The molecule has 0 aromatic rings. The lowest BCUT2D eigenvalue weighted by atomic mass is 10.0. The maximum atomic E-state index is 13.3. The molecule has 0 fully saturated rings. The first-order valence-electron chi connectivity index (χ1n) is 15.6. The Kier molecular flexibility index (Phi) is 23.0. The fourth-order valence-corrected chi connectivity index (χ4v) is 4.47. The smallest absolute Gasteiger partial charge is 0.303 e. The van der Waals surface area contributed by atoms with Crippen molar-refractivity contribution in [3.63, 3.8) is 0 Å². The summed E-state index contributed by atoms with van der Waals surface area (Å²) < 4.78 is 0. The first-order chi connectivity index (χ1) is 21.7. The van der Waals surface area contributed by atoms with E-state index in [0.717, 1.165) is 0 Å². The predicted octanol–water partition coefficient (Wildman–Crippen LogP) is -0.942. The number of amides is 6. The van der Waals surface area contributed by atoms with E-state index in [1.165, 1.54) is 20.8 Å². The zero-order valence-corrected chi connectivity index (χ0v) is 27.9. The number of carboxylic acid groups (broad SMARTS) is 1. The van der Waals surface area contributed by atoms with E-state index in [2.05, 4.69) is 37.2 Å². The lowest BCUT2D eigenvalue weighted by Crippen LogP contribution is -2.56. The van der Waals surface area contributed by atoms with Gasteiger partial charge in [0.2, 0.25) is 35.4 Å².